The molecule has 0 aliphatic rings. The van der Waals surface area contributed by atoms with Crippen molar-refractivity contribution in [1.82, 2.24) is 10.2 Å². The molecule has 0 saturated carbocycles. The predicted molar refractivity (Wildman–Crippen MR) is 85.2 cm³/mol. The maximum Gasteiger partial charge on any atom is 0.223 e. The van der Waals surface area contributed by atoms with Gasteiger partial charge in [-0.1, -0.05) is 18.2 Å². The summed E-state index contributed by atoms with van der Waals surface area (Å²) in [6.07, 6.45) is 1.43. The Bertz CT molecular complexity index is 558. The first kappa shape index (κ1) is 15.6. The van der Waals surface area contributed by atoms with E-state index in [2.05, 4.69) is 5.32 Å². The number of furan rings is 1. The number of nitrogens with zero attached hydrogens (tertiary/aromatic N) is 1. The highest BCUT2D eigenvalue weighted by molar-refractivity contribution is 5.79. The lowest BCUT2D eigenvalue weighted by Crippen LogP contribution is -2.33. The van der Waals surface area contributed by atoms with Crippen LogP contribution in [0.3, 0.4) is 0 Å². The van der Waals surface area contributed by atoms with Gasteiger partial charge in [-0.25, -0.2) is 0 Å². The van der Waals surface area contributed by atoms with Crippen molar-refractivity contribution in [3.63, 3.8) is 0 Å². The Balaban J connectivity index is 2.11. The summed E-state index contributed by atoms with van der Waals surface area (Å²) in [4.78, 5) is 14.2. The van der Waals surface area contributed by atoms with E-state index in [1.54, 1.807) is 0 Å². The van der Waals surface area contributed by atoms with E-state index in [0.717, 1.165) is 29.7 Å². The van der Waals surface area contributed by atoms with E-state index in [0.29, 0.717) is 13.0 Å². The van der Waals surface area contributed by atoms with E-state index < -0.39 is 0 Å². The lowest BCUT2D eigenvalue weighted by atomic mass is 10.1. The zero-order valence-electron chi connectivity index (χ0n) is 13.1. The summed E-state index contributed by atoms with van der Waals surface area (Å²) in [7, 11) is 1.90. The molecule has 4 nitrogen and oxygen atoms in total. The van der Waals surface area contributed by atoms with E-state index in [1.807, 2.05) is 56.1 Å². The lowest BCUT2D eigenvalue weighted by molar-refractivity contribution is -0.133. The molecule has 0 saturated heterocycles. The fourth-order valence-electron chi connectivity index (χ4n) is 2.59. The van der Waals surface area contributed by atoms with Gasteiger partial charge in [0.05, 0.1) is 6.04 Å². The third-order valence-corrected chi connectivity index (χ3v) is 3.80. The second-order valence-electron chi connectivity index (χ2n) is 5.25. The topological polar surface area (TPSA) is 45.5 Å². The molecule has 0 fully saturated rings. The van der Waals surface area contributed by atoms with E-state index in [-0.39, 0.29) is 11.9 Å². The van der Waals surface area contributed by atoms with Gasteiger partial charge in [0, 0.05) is 18.4 Å². The molecule has 0 radical (unpaired) electrons. The highest BCUT2D eigenvalue weighted by Gasteiger charge is 2.22. The van der Waals surface area contributed by atoms with Crippen LogP contribution in [0.5, 0.6) is 0 Å². The summed E-state index contributed by atoms with van der Waals surface area (Å²) >= 11 is 0. The smallest absolute Gasteiger partial charge is 0.223 e. The molecule has 1 atom stereocenters. The largest absolute Gasteiger partial charge is 0.459 e. The molecular weight excluding hydrogens is 264 g/mol. The van der Waals surface area contributed by atoms with E-state index in [9.17, 15) is 4.79 Å². The molecule has 4 heteroatoms. The van der Waals surface area contributed by atoms with Crippen molar-refractivity contribution in [3.8, 4) is 0 Å². The van der Waals surface area contributed by atoms with Gasteiger partial charge in [0.25, 0.3) is 0 Å². The number of amides is 1. The third-order valence-electron chi connectivity index (χ3n) is 3.80. The Morgan fingerprint density at radius 3 is 2.81 bits per heavy atom. The molecule has 1 heterocycles. The molecule has 1 aromatic heterocycles. The van der Waals surface area contributed by atoms with Gasteiger partial charge in [-0.2, -0.15) is 0 Å². The molecule has 0 bridgehead atoms. The summed E-state index contributed by atoms with van der Waals surface area (Å²) in [5.41, 5.74) is 0.873. The second-order valence-corrected chi connectivity index (χ2v) is 5.25. The number of rotatable bonds is 7. The fourth-order valence-corrected chi connectivity index (χ4v) is 2.59. The monoisotopic (exact) mass is 288 g/mol. The van der Waals surface area contributed by atoms with Gasteiger partial charge in [-0.3, -0.25) is 4.79 Å². The first-order valence-electron chi connectivity index (χ1n) is 7.60. The molecule has 0 aliphatic heterocycles. The number of benzene rings is 1. The van der Waals surface area contributed by atoms with Crippen molar-refractivity contribution in [2.24, 2.45) is 0 Å². The van der Waals surface area contributed by atoms with Crippen LogP contribution in [0.4, 0.5) is 0 Å². The Morgan fingerprint density at radius 2 is 2.14 bits per heavy atom. The van der Waals surface area contributed by atoms with Crippen LogP contribution in [0.15, 0.2) is 34.7 Å². The maximum absolute atomic E-state index is 12.3. The van der Waals surface area contributed by atoms with Crippen molar-refractivity contribution in [2.45, 2.75) is 32.7 Å². The summed E-state index contributed by atoms with van der Waals surface area (Å²) in [6, 6.07) is 9.93. The van der Waals surface area contributed by atoms with Crippen LogP contribution < -0.4 is 5.32 Å². The number of hydrogen-bond acceptors (Lipinski definition) is 3. The number of carbonyl (C=O) groups excluding carboxylic acids is 1. The number of fused-ring (bicyclic) bond motifs is 1. The SMILES string of the molecule is CCN(C(=O)CCCNC)C(C)c1cc2ccccc2o1. The van der Waals surface area contributed by atoms with Crippen molar-refractivity contribution in [2.75, 3.05) is 20.1 Å². The van der Waals surface area contributed by atoms with Crippen LogP contribution >= 0.6 is 0 Å². The zero-order valence-corrected chi connectivity index (χ0v) is 13.1. The Labute approximate surface area is 126 Å². The van der Waals surface area contributed by atoms with E-state index in [1.165, 1.54) is 0 Å². The van der Waals surface area contributed by atoms with Crippen LogP contribution in [0, 0.1) is 0 Å². The van der Waals surface area contributed by atoms with Crippen LogP contribution in [-0.4, -0.2) is 30.9 Å². The molecule has 1 N–H and O–H groups in total. The normalized spacial score (nSPS) is 12.5. The molecule has 0 aliphatic carbocycles. The molecule has 0 spiro atoms. The van der Waals surface area contributed by atoms with Crippen molar-refractivity contribution in [3.05, 3.63) is 36.1 Å². The first-order valence-corrected chi connectivity index (χ1v) is 7.60. The van der Waals surface area contributed by atoms with E-state index in [4.69, 9.17) is 4.42 Å². The molecule has 2 rings (SSSR count). The number of nitrogens with one attached hydrogen (secondary N) is 1. The summed E-state index contributed by atoms with van der Waals surface area (Å²) in [5, 5.41) is 4.15. The predicted octanol–water partition coefficient (Wildman–Crippen LogP) is 3.34. The minimum atomic E-state index is -0.0375. The zero-order chi connectivity index (χ0) is 15.2. The molecule has 2 aromatic rings. The van der Waals surface area contributed by atoms with Gasteiger partial charge >= 0.3 is 0 Å². The number of hydrogen-bond donors (Lipinski definition) is 1. The summed E-state index contributed by atoms with van der Waals surface area (Å²) in [6.45, 7) is 5.59. The van der Waals surface area contributed by atoms with Crippen LogP contribution in [-0.2, 0) is 4.79 Å². The fraction of sp³-hybridized carbons (Fsp3) is 0.471. The van der Waals surface area contributed by atoms with Crippen LogP contribution in [0.1, 0.15) is 38.5 Å². The van der Waals surface area contributed by atoms with Gasteiger partial charge in [0.15, 0.2) is 0 Å². The quantitative estimate of drug-likeness (QED) is 0.795. The van der Waals surface area contributed by atoms with Gasteiger partial charge < -0.3 is 14.6 Å². The minimum absolute atomic E-state index is 0.0375. The Hall–Kier alpha value is -1.81. The van der Waals surface area contributed by atoms with Crippen molar-refractivity contribution >= 4 is 16.9 Å². The Morgan fingerprint density at radius 1 is 1.38 bits per heavy atom. The molecule has 114 valence electrons. The van der Waals surface area contributed by atoms with Gasteiger partial charge in [0.1, 0.15) is 11.3 Å². The third kappa shape index (κ3) is 3.64. The molecule has 1 aromatic carbocycles. The average Bonchev–Trinajstić information content (AvgIpc) is 2.92. The maximum atomic E-state index is 12.3. The molecule has 1 amide bonds. The van der Waals surface area contributed by atoms with Gasteiger partial charge in [-0.15, -0.1) is 0 Å². The molecular formula is C17H24N2O2. The van der Waals surface area contributed by atoms with Crippen molar-refractivity contribution in [1.29, 1.82) is 0 Å². The van der Waals surface area contributed by atoms with Crippen LogP contribution in [0.25, 0.3) is 11.0 Å². The molecule has 1 unspecified atom stereocenters. The Kier molecular flexibility index (Phi) is 5.39. The number of para-hydroxylation sites is 1. The van der Waals surface area contributed by atoms with E-state index >= 15 is 0 Å². The second kappa shape index (κ2) is 7.27. The van der Waals surface area contributed by atoms with Gasteiger partial charge in [-0.05, 0) is 46.0 Å². The molecule has 21 heavy (non-hydrogen) atoms. The summed E-state index contributed by atoms with van der Waals surface area (Å²) < 4.78 is 5.88. The first-order chi connectivity index (χ1) is 10.2. The van der Waals surface area contributed by atoms with Crippen molar-refractivity contribution < 1.29 is 9.21 Å². The van der Waals surface area contributed by atoms with Gasteiger partial charge in [0.2, 0.25) is 5.91 Å². The van der Waals surface area contributed by atoms with Crippen LogP contribution in [0.2, 0.25) is 0 Å². The minimum Gasteiger partial charge on any atom is -0.459 e. The highest BCUT2D eigenvalue weighted by atomic mass is 16.3. The number of carbonyl (C=O) groups is 1. The highest BCUT2D eigenvalue weighted by Crippen LogP contribution is 2.27. The standard InChI is InChI=1S/C17H24N2O2/c1-4-19(17(20)10-7-11-18-3)13(2)16-12-14-8-5-6-9-15(14)21-16/h5-6,8-9,12-13,18H,4,7,10-11H2,1-3H3. The average molecular weight is 288 g/mol. The summed E-state index contributed by atoms with van der Waals surface area (Å²) in [5.74, 6) is 1.03. The lowest BCUT2D eigenvalue weighted by Gasteiger charge is -2.26.